The molecule has 0 aliphatic carbocycles. The fraction of sp³-hybridized carbons (Fsp3) is 0.455. The van der Waals surface area contributed by atoms with Gasteiger partial charge in [0.15, 0.2) is 0 Å². The van der Waals surface area contributed by atoms with Crippen LogP contribution in [0.25, 0.3) is 10.9 Å². The standard InChI is InChI=1S/C22H29N5O2S/c1-16(2)14-27-15-21(17(3)24-27)30(28,29)25-19-9-10-20(26-12-5-4-6-13-26)22-18(19)8-7-11-23-22/h7-11,15-16,25H,4-6,12-14H2,1-3H3. The first-order chi connectivity index (χ1) is 14.3. The number of hydrogen-bond donors (Lipinski definition) is 1. The van der Waals surface area contributed by atoms with Crippen LogP contribution in [0.3, 0.4) is 0 Å². The SMILES string of the molecule is Cc1nn(CC(C)C)cc1S(=O)(=O)Nc1ccc(N2CCCCC2)c2ncccc12. The zero-order valence-corrected chi connectivity index (χ0v) is 18.6. The van der Waals surface area contributed by atoms with Gasteiger partial charge in [0.25, 0.3) is 10.0 Å². The Morgan fingerprint density at radius 1 is 1.13 bits per heavy atom. The molecule has 0 unspecified atom stereocenters. The van der Waals surface area contributed by atoms with Gasteiger partial charge in [-0.25, -0.2) is 8.42 Å². The van der Waals surface area contributed by atoms with Gasteiger partial charge in [-0.05, 0) is 56.4 Å². The number of nitrogens with zero attached hydrogens (tertiary/aromatic N) is 4. The lowest BCUT2D eigenvalue weighted by Crippen LogP contribution is -2.29. The van der Waals surface area contributed by atoms with Crippen LogP contribution in [0.2, 0.25) is 0 Å². The third-order valence-electron chi connectivity index (χ3n) is 5.43. The van der Waals surface area contributed by atoms with E-state index in [1.54, 1.807) is 24.0 Å². The molecule has 0 spiro atoms. The van der Waals surface area contributed by atoms with E-state index in [4.69, 9.17) is 0 Å². The van der Waals surface area contributed by atoms with Crippen molar-refractivity contribution in [2.24, 2.45) is 5.92 Å². The van der Waals surface area contributed by atoms with Gasteiger partial charge in [0, 0.05) is 37.4 Å². The van der Waals surface area contributed by atoms with Crippen LogP contribution in [0.1, 0.15) is 38.8 Å². The molecule has 1 aliphatic rings. The summed E-state index contributed by atoms with van der Waals surface area (Å²) in [5.74, 6) is 0.380. The maximum atomic E-state index is 13.2. The highest BCUT2D eigenvalue weighted by molar-refractivity contribution is 7.92. The lowest BCUT2D eigenvalue weighted by molar-refractivity contribution is 0.480. The molecule has 1 N–H and O–H groups in total. The number of benzene rings is 1. The quantitative estimate of drug-likeness (QED) is 0.638. The predicted octanol–water partition coefficient (Wildman–Crippen LogP) is 4.19. The van der Waals surface area contributed by atoms with Crippen LogP contribution in [0.4, 0.5) is 11.4 Å². The summed E-state index contributed by atoms with van der Waals surface area (Å²) in [6, 6.07) is 7.58. The molecule has 0 amide bonds. The third kappa shape index (κ3) is 4.14. The number of aromatic nitrogens is 3. The Balaban J connectivity index is 1.69. The summed E-state index contributed by atoms with van der Waals surface area (Å²) in [5, 5.41) is 5.18. The van der Waals surface area contributed by atoms with Gasteiger partial charge >= 0.3 is 0 Å². The van der Waals surface area contributed by atoms with E-state index >= 15 is 0 Å². The van der Waals surface area contributed by atoms with E-state index in [0.717, 1.165) is 29.7 Å². The number of pyridine rings is 1. The van der Waals surface area contributed by atoms with Crippen LogP contribution in [0.15, 0.2) is 41.6 Å². The number of hydrogen-bond acceptors (Lipinski definition) is 5. The van der Waals surface area contributed by atoms with Gasteiger partial charge in [-0.1, -0.05) is 13.8 Å². The van der Waals surface area contributed by atoms with E-state index in [9.17, 15) is 8.42 Å². The summed E-state index contributed by atoms with van der Waals surface area (Å²) in [6.07, 6.45) is 6.96. The molecule has 30 heavy (non-hydrogen) atoms. The number of rotatable bonds is 6. The molecule has 0 saturated carbocycles. The minimum Gasteiger partial charge on any atom is -0.370 e. The molecule has 8 heteroatoms. The highest BCUT2D eigenvalue weighted by Gasteiger charge is 2.23. The summed E-state index contributed by atoms with van der Waals surface area (Å²) < 4.78 is 30.8. The largest absolute Gasteiger partial charge is 0.370 e. The molecular weight excluding hydrogens is 398 g/mol. The summed E-state index contributed by atoms with van der Waals surface area (Å²) in [7, 11) is -3.76. The van der Waals surface area contributed by atoms with Gasteiger partial charge < -0.3 is 4.90 Å². The molecule has 4 rings (SSSR count). The van der Waals surface area contributed by atoms with Crippen molar-refractivity contribution in [3.8, 4) is 0 Å². The van der Waals surface area contributed by atoms with E-state index in [1.165, 1.54) is 19.3 Å². The summed E-state index contributed by atoms with van der Waals surface area (Å²) in [5.41, 5.74) is 2.92. The molecule has 0 radical (unpaired) electrons. The van der Waals surface area contributed by atoms with E-state index in [1.807, 2.05) is 24.3 Å². The van der Waals surface area contributed by atoms with Crippen LogP contribution in [-0.4, -0.2) is 36.3 Å². The number of piperidine rings is 1. The number of nitrogens with one attached hydrogen (secondary N) is 1. The summed E-state index contributed by atoms with van der Waals surface area (Å²) in [4.78, 5) is 7.13. The molecular formula is C22H29N5O2S. The lowest BCUT2D eigenvalue weighted by atomic mass is 10.1. The fourth-order valence-corrected chi connectivity index (χ4v) is 5.34. The van der Waals surface area contributed by atoms with Crippen molar-refractivity contribution < 1.29 is 8.42 Å². The van der Waals surface area contributed by atoms with Crippen molar-refractivity contribution in [3.63, 3.8) is 0 Å². The fourth-order valence-electron chi connectivity index (χ4n) is 4.07. The smallest absolute Gasteiger partial charge is 0.265 e. The molecule has 1 aromatic carbocycles. The van der Waals surface area contributed by atoms with Crippen molar-refractivity contribution in [1.82, 2.24) is 14.8 Å². The van der Waals surface area contributed by atoms with Gasteiger partial charge in [-0.3, -0.25) is 14.4 Å². The van der Waals surface area contributed by atoms with Gasteiger partial charge in [-0.15, -0.1) is 0 Å². The molecule has 160 valence electrons. The Morgan fingerprint density at radius 3 is 2.63 bits per heavy atom. The van der Waals surface area contributed by atoms with Crippen molar-refractivity contribution >= 4 is 32.3 Å². The van der Waals surface area contributed by atoms with Crippen molar-refractivity contribution in [1.29, 1.82) is 0 Å². The second kappa shape index (κ2) is 8.26. The zero-order valence-electron chi connectivity index (χ0n) is 17.8. The Morgan fingerprint density at radius 2 is 1.90 bits per heavy atom. The monoisotopic (exact) mass is 427 g/mol. The minimum absolute atomic E-state index is 0.209. The van der Waals surface area contributed by atoms with Crippen molar-refractivity contribution in [2.75, 3.05) is 22.7 Å². The molecule has 3 heterocycles. The minimum atomic E-state index is -3.76. The Hall–Kier alpha value is -2.61. The number of anilines is 2. The van der Waals surface area contributed by atoms with Gasteiger partial charge in [0.05, 0.1) is 22.6 Å². The average Bonchev–Trinajstić information content (AvgIpc) is 3.09. The highest BCUT2D eigenvalue weighted by atomic mass is 32.2. The van der Waals surface area contributed by atoms with Gasteiger partial charge in [0.2, 0.25) is 0 Å². The van der Waals surface area contributed by atoms with Crippen LogP contribution < -0.4 is 9.62 Å². The molecule has 1 aliphatic heterocycles. The number of aryl methyl sites for hydroxylation is 1. The van der Waals surface area contributed by atoms with Crippen LogP contribution in [-0.2, 0) is 16.6 Å². The summed E-state index contributed by atoms with van der Waals surface area (Å²) >= 11 is 0. The Kier molecular flexibility index (Phi) is 5.69. The first kappa shape index (κ1) is 20.7. The second-order valence-electron chi connectivity index (χ2n) is 8.38. The van der Waals surface area contributed by atoms with E-state index in [0.29, 0.717) is 23.8 Å². The molecule has 0 atom stereocenters. The van der Waals surface area contributed by atoms with E-state index in [-0.39, 0.29) is 4.90 Å². The Labute approximate surface area is 178 Å². The maximum Gasteiger partial charge on any atom is 0.265 e. The van der Waals surface area contributed by atoms with Gasteiger partial charge in [0.1, 0.15) is 4.90 Å². The lowest BCUT2D eigenvalue weighted by Gasteiger charge is -2.29. The molecule has 3 aromatic rings. The van der Waals surface area contributed by atoms with Crippen molar-refractivity contribution in [3.05, 3.63) is 42.4 Å². The van der Waals surface area contributed by atoms with Crippen molar-refractivity contribution in [2.45, 2.75) is 51.5 Å². The molecule has 7 nitrogen and oxygen atoms in total. The number of fused-ring (bicyclic) bond motifs is 1. The topological polar surface area (TPSA) is 80.1 Å². The predicted molar refractivity (Wildman–Crippen MR) is 120 cm³/mol. The maximum absolute atomic E-state index is 13.2. The van der Waals surface area contributed by atoms with E-state index < -0.39 is 10.0 Å². The molecule has 0 bridgehead atoms. The van der Waals surface area contributed by atoms with Crippen LogP contribution in [0.5, 0.6) is 0 Å². The van der Waals surface area contributed by atoms with E-state index in [2.05, 4.69) is 33.6 Å². The Bertz CT molecular complexity index is 1150. The second-order valence-corrected chi connectivity index (χ2v) is 10.0. The first-order valence-electron chi connectivity index (χ1n) is 10.5. The first-order valence-corrected chi connectivity index (χ1v) is 12.0. The number of sulfonamides is 1. The normalized spacial score (nSPS) is 15.1. The van der Waals surface area contributed by atoms with Gasteiger partial charge in [-0.2, -0.15) is 5.10 Å². The third-order valence-corrected chi connectivity index (χ3v) is 6.90. The zero-order chi connectivity index (χ0) is 21.3. The van der Waals surface area contributed by atoms with Crippen LogP contribution >= 0.6 is 0 Å². The molecule has 1 saturated heterocycles. The molecule has 2 aromatic heterocycles. The summed E-state index contributed by atoms with van der Waals surface area (Å²) in [6.45, 7) is 8.56. The van der Waals surface area contributed by atoms with Crippen LogP contribution in [0, 0.1) is 12.8 Å². The average molecular weight is 428 g/mol. The highest BCUT2D eigenvalue weighted by Crippen LogP contribution is 2.33. The molecule has 1 fully saturated rings.